The number of nitrogens with one attached hydrogen (secondary N) is 2. The number of aromatic amines is 1. The Bertz CT molecular complexity index is 1540. The van der Waals surface area contributed by atoms with Gasteiger partial charge in [-0.3, -0.25) is 19.1 Å². The van der Waals surface area contributed by atoms with E-state index < -0.39 is 5.69 Å². The SMILES string of the molecule is O=C(NCCN1CCN(c2ccccc2F)CC1)c1ccc2c(=O)n(CCc3ccccc3)c(=O)[nH]c2c1. The molecule has 2 heterocycles. The number of hydrogen-bond donors (Lipinski definition) is 2. The number of aryl methyl sites for hydroxylation is 1. The van der Waals surface area contributed by atoms with E-state index in [1.165, 1.54) is 10.6 Å². The number of para-hydroxylation sites is 1. The quantitative estimate of drug-likeness (QED) is 0.377. The number of aromatic nitrogens is 2. The number of piperazine rings is 1. The van der Waals surface area contributed by atoms with Crippen LogP contribution in [0.4, 0.5) is 10.1 Å². The lowest BCUT2D eigenvalue weighted by Crippen LogP contribution is -2.48. The Hall–Kier alpha value is -4.24. The summed E-state index contributed by atoms with van der Waals surface area (Å²) < 4.78 is 15.2. The van der Waals surface area contributed by atoms with Gasteiger partial charge in [0.25, 0.3) is 11.5 Å². The molecule has 1 fully saturated rings. The third-order valence-electron chi connectivity index (χ3n) is 6.99. The molecule has 0 aliphatic carbocycles. The average Bonchev–Trinajstić information content (AvgIpc) is 2.94. The van der Waals surface area contributed by atoms with Crippen LogP contribution in [0.25, 0.3) is 10.9 Å². The van der Waals surface area contributed by atoms with Gasteiger partial charge in [0.15, 0.2) is 0 Å². The van der Waals surface area contributed by atoms with Gasteiger partial charge in [-0.15, -0.1) is 0 Å². The van der Waals surface area contributed by atoms with E-state index >= 15 is 0 Å². The van der Waals surface area contributed by atoms with Crippen LogP contribution in [0.3, 0.4) is 0 Å². The molecule has 3 aromatic carbocycles. The molecule has 1 aromatic heterocycles. The van der Waals surface area contributed by atoms with Crippen molar-refractivity contribution in [1.29, 1.82) is 0 Å². The summed E-state index contributed by atoms with van der Waals surface area (Å²) in [4.78, 5) is 45.3. The van der Waals surface area contributed by atoms with Crippen LogP contribution < -0.4 is 21.5 Å². The molecule has 1 saturated heterocycles. The Morgan fingerprint density at radius 3 is 2.39 bits per heavy atom. The maximum absolute atomic E-state index is 14.0. The van der Waals surface area contributed by atoms with Crippen LogP contribution in [0.2, 0.25) is 0 Å². The first-order valence-corrected chi connectivity index (χ1v) is 12.8. The minimum absolute atomic E-state index is 0.212. The zero-order valence-electron chi connectivity index (χ0n) is 21.0. The van der Waals surface area contributed by atoms with Crippen molar-refractivity contribution in [2.24, 2.45) is 0 Å². The first kappa shape index (κ1) is 25.4. The van der Waals surface area contributed by atoms with Gasteiger partial charge in [-0.25, -0.2) is 9.18 Å². The van der Waals surface area contributed by atoms with Crippen molar-refractivity contribution in [2.45, 2.75) is 13.0 Å². The summed E-state index contributed by atoms with van der Waals surface area (Å²) in [5.41, 5.74) is 1.51. The first-order chi connectivity index (χ1) is 18.5. The molecule has 196 valence electrons. The third-order valence-corrected chi connectivity index (χ3v) is 6.99. The number of H-pyrrole nitrogens is 1. The lowest BCUT2D eigenvalue weighted by molar-refractivity contribution is 0.0948. The molecule has 0 spiro atoms. The highest BCUT2D eigenvalue weighted by atomic mass is 19.1. The Morgan fingerprint density at radius 2 is 1.63 bits per heavy atom. The molecule has 0 radical (unpaired) electrons. The topological polar surface area (TPSA) is 90.4 Å². The van der Waals surface area contributed by atoms with Gasteiger partial charge in [0, 0.05) is 51.4 Å². The molecular formula is C29H30FN5O3. The van der Waals surface area contributed by atoms with Gasteiger partial charge in [-0.1, -0.05) is 42.5 Å². The minimum atomic E-state index is -0.495. The number of fused-ring (bicyclic) bond motifs is 1. The summed E-state index contributed by atoms with van der Waals surface area (Å²) in [5, 5.41) is 3.28. The van der Waals surface area contributed by atoms with E-state index in [1.807, 2.05) is 41.3 Å². The molecule has 1 aliphatic rings. The van der Waals surface area contributed by atoms with Gasteiger partial charge in [0.05, 0.1) is 16.6 Å². The summed E-state index contributed by atoms with van der Waals surface area (Å²) in [6.45, 7) is 4.38. The van der Waals surface area contributed by atoms with E-state index in [0.29, 0.717) is 41.7 Å². The summed E-state index contributed by atoms with van der Waals surface area (Å²) in [6, 6.07) is 21.2. The minimum Gasteiger partial charge on any atom is -0.367 e. The van der Waals surface area contributed by atoms with E-state index in [9.17, 15) is 18.8 Å². The number of halogens is 1. The molecule has 8 nitrogen and oxygen atoms in total. The van der Waals surface area contributed by atoms with Gasteiger partial charge in [-0.05, 0) is 42.3 Å². The zero-order valence-corrected chi connectivity index (χ0v) is 21.0. The number of hydrogen-bond acceptors (Lipinski definition) is 5. The molecular weight excluding hydrogens is 485 g/mol. The van der Waals surface area contributed by atoms with Crippen LogP contribution in [0.5, 0.6) is 0 Å². The number of carbonyl (C=O) groups is 1. The lowest BCUT2D eigenvalue weighted by atomic mass is 10.1. The summed E-state index contributed by atoms with van der Waals surface area (Å²) in [7, 11) is 0. The van der Waals surface area contributed by atoms with Crippen molar-refractivity contribution >= 4 is 22.5 Å². The number of anilines is 1. The molecule has 1 aliphatic heterocycles. The van der Waals surface area contributed by atoms with Crippen molar-refractivity contribution in [1.82, 2.24) is 19.8 Å². The maximum Gasteiger partial charge on any atom is 0.328 e. The summed E-state index contributed by atoms with van der Waals surface area (Å²) in [6.07, 6.45) is 0.564. The molecule has 5 rings (SSSR count). The Morgan fingerprint density at radius 1 is 0.895 bits per heavy atom. The van der Waals surface area contributed by atoms with E-state index in [4.69, 9.17) is 0 Å². The van der Waals surface area contributed by atoms with E-state index in [0.717, 1.165) is 31.7 Å². The van der Waals surface area contributed by atoms with Crippen LogP contribution in [-0.4, -0.2) is 59.6 Å². The molecule has 0 unspecified atom stereocenters. The second-order valence-electron chi connectivity index (χ2n) is 9.42. The maximum atomic E-state index is 14.0. The molecule has 0 saturated carbocycles. The van der Waals surface area contributed by atoms with Crippen molar-refractivity contribution in [2.75, 3.05) is 44.2 Å². The smallest absolute Gasteiger partial charge is 0.328 e. The van der Waals surface area contributed by atoms with Gasteiger partial charge < -0.3 is 15.2 Å². The molecule has 2 N–H and O–H groups in total. The molecule has 9 heteroatoms. The highest BCUT2D eigenvalue weighted by Crippen LogP contribution is 2.20. The van der Waals surface area contributed by atoms with E-state index in [2.05, 4.69) is 15.2 Å². The normalized spacial score (nSPS) is 14.1. The summed E-state index contributed by atoms with van der Waals surface area (Å²) in [5.74, 6) is -0.484. The fourth-order valence-electron chi connectivity index (χ4n) is 4.83. The van der Waals surface area contributed by atoms with Crippen molar-refractivity contribution in [3.63, 3.8) is 0 Å². The first-order valence-electron chi connectivity index (χ1n) is 12.8. The molecule has 1 amide bonds. The van der Waals surface area contributed by atoms with Crippen LogP contribution in [-0.2, 0) is 13.0 Å². The number of benzene rings is 3. The van der Waals surface area contributed by atoms with E-state index in [-0.39, 0.29) is 23.8 Å². The standard InChI is InChI=1S/C29H30FN5O3/c30-24-8-4-5-9-26(24)34-18-16-33(17-19-34)15-13-31-27(36)22-10-11-23-25(20-22)32-29(38)35(28(23)37)14-12-21-6-2-1-3-7-21/h1-11,20H,12-19H2,(H,31,36)(H,32,38). The molecule has 4 aromatic rings. The lowest BCUT2D eigenvalue weighted by Gasteiger charge is -2.36. The predicted octanol–water partition coefficient (Wildman–Crippen LogP) is 2.62. The van der Waals surface area contributed by atoms with Crippen molar-refractivity contribution in [3.05, 3.63) is 111 Å². The fraction of sp³-hybridized carbons (Fsp3) is 0.276. The Labute approximate surface area is 219 Å². The highest BCUT2D eigenvalue weighted by Gasteiger charge is 2.19. The van der Waals surface area contributed by atoms with Gasteiger partial charge in [-0.2, -0.15) is 0 Å². The van der Waals surface area contributed by atoms with E-state index in [1.54, 1.807) is 30.3 Å². The van der Waals surface area contributed by atoms with Crippen LogP contribution >= 0.6 is 0 Å². The number of nitrogens with zero attached hydrogens (tertiary/aromatic N) is 3. The van der Waals surface area contributed by atoms with Crippen LogP contribution in [0.15, 0.2) is 82.4 Å². The number of amides is 1. The monoisotopic (exact) mass is 515 g/mol. The highest BCUT2D eigenvalue weighted by molar-refractivity contribution is 5.97. The van der Waals surface area contributed by atoms with Crippen LogP contribution in [0.1, 0.15) is 15.9 Å². The predicted molar refractivity (Wildman–Crippen MR) is 146 cm³/mol. The fourth-order valence-corrected chi connectivity index (χ4v) is 4.83. The third kappa shape index (κ3) is 5.68. The Balaban J connectivity index is 1.16. The largest absolute Gasteiger partial charge is 0.367 e. The average molecular weight is 516 g/mol. The number of carbonyl (C=O) groups excluding carboxylic acids is 1. The second kappa shape index (κ2) is 11.4. The molecule has 38 heavy (non-hydrogen) atoms. The van der Waals surface area contributed by atoms with Gasteiger partial charge in [0.2, 0.25) is 0 Å². The molecule has 0 bridgehead atoms. The molecule has 0 atom stereocenters. The Kier molecular flexibility index (Phi) is 7.65. The van der Waals surface area contributed by atoms with Gasteiger partial charge in [0.1, 0.15) is 5.82 Å². The second-order valence-corrected chi connectivity index (χ2v) is 9.42. The van der Waals surface area contributed by atoms with Crippen LogP contribution in [0, 0.1) is 5.82 Å². The van der Waals surface area contributed by atoms with Crippen molar-refractivity contribution in [3.8, 4) is 0 Å². The number of rotatable bonds is 8. The summed E-state index contributed by atoms with van der Waals surface area (Å²) >= 11 is 0. The zero-order chi connectivity index (χ0) is 26.5. The van der Waals surface area contributed by atoms with Gasteiger partial charge >= 0.3 is 5.69 Å². The van der Waals surface area contributed by atoms with Crippen molar-refractivity contribution < 1.29 is 9.18 Å².